The second kappa shape index (κ2) is 5.09. The van der Waals surface area contributed by atoms with Crippen molar-refractivity contribution in [2.75, 3.05) is 26.4 Å². The molecule has 1 fully saturated rings. The first-order valence-corrected chi connectivity index (χ1v) is 4.81. The van der Waals surface area contributed by atoms with Crippen molar-refractivity contribution in [1.29, 1.82) is 0 Å². The van der Waals surface area contributed by atoms with Crippen molar-refractivity contribution in [3.05, 3.63) is 18.0 Å². The third-order valence-corrected chi connectivity index (χ3v) is 2.16. The number of hydrogen-bond acceptors (Lipinski definition) is 4. The van der Waals surface area contributed by atoms with Crippen molar-refractivity contribution in [1.82, 2.24) is 15.5 Å². The Bertz CT molecular complexity index is 243. The molecule has 0 radical (unpaired) electrons. The third-order valence-electron chi connectivity index (χ3n) is 2.16. The maximum atomic E-state index is 5.37. The number of H-pyrrole nitrogens is 1. The first-order chi connectivity index (χ1) is 6.95. The van der Waals surface area contributed by atoms with Gasteiger partial charge in [0.1, 0.15) is 0 Å². The average Bonchev–Trinajstić information content (AvgIpc) is 2.58. The van der Waals surface area contributed by atoms with Gasteiger partial charge in [0.15, 0.2) is 0 Å². The molecule has 1 aromatic heterocycles. The maximum Gasteiger partial charge on any atom is 0.0701 e. The molecule has 2 heterocycles. The van der Waals surface area contributed by atoms with Crippen LogP contribution in [0.3, 0.4) is 0 Å². The van der Waals surface area contributed by atoms with Crippen LogP contribution >= 0.6 is 0 Å². The van der Waals surface area contributed by atoms with Gasteiger partial charge in [0.2, 0.25) is 0 Å². The minimum absolute atomic E-state index is 0.285. The van der Waals surface area contributed by atoms with Crippen molar-refractivity contribution in [3.8, 4) is 0 Å². The molecule has 0 unspecified atom stereocenters. The van der Waals surface area contributed by atoms with Crippen LogP contribution in [0.25, 0.3) is 0 Å². The zero-order valence-corrected chi connectivity index (χ0v) is 8.03. The summed E-state index contributed by atoms with van der Waals surface area (Å²) in [5, 5.41) is 10.0. The minimum Gasteiger partial charge on any atom is -0.377 e. The fourth-order valence-corrected chi connectivity index (χ4v) is 1.37. The van der Waals surface area contributed by atoms with E-state index in [0.29, 0.717) is 13.2 Å². The summed E-state index contributed by atoms with van der Waals surface area (Å²) in [5.74, 6) is 0. The molecule has 0 bridgehead atoms. The Labute approximate surface area is 82.8 Å². The summed E-state index contributed by atoms with van der Waals surface area (Å²) in [7, 11) is 0. The first kappa shape index (κ1) is 9.64. The van der Waals surface area contributed by atoms with E-state index in [1.165, 1.54) is 0 Å². The van der Waals surface area contributed by atoms with Gasteiger partial charge < -0.3 is 14.8 Å². The molecular formula is C9H15N3O2. The largest absolute Gasteiger partial charge is 0.377 e. The number of nitrogens with one attached hydrogen (secondary N) is 2. The molecule has 0 aromatic carbocycles. The van der Waals surface area contributed by atoms with E-state index in [9.17, 15) is 0 Å². The number of rotatable bonds is 3. The van der Waals surface area contributed by atoms with Gasteiger partial charge >= 0.3 is 0 Å². The Balaban J connectivity index is 1.73. The van der Waals surface area contributed by atoms with Crippen LogP contribution in [-0.2, 0) is 16.0 Å². The van der Waals surface area contributed by atoms with Gasteiger partial charge in [-0.05, 0) is 0 Å². The number of ether oxygens (including phenoxy) is 2. The second-order valence-electron chi connectivity index (χ2n) is 3.33. The molecule has 2 rings (SSSR count). The van der Waals surface area contributed by atoms with Crippen molar-refractivity contribution < 1.29 is 9.47 Å². The topological polar surface area (TPSA) is 59.2 Å². The smallest absolute Gasteiger partial charge is 0.0701 e. The summed E-state index contributed by atoms with van der Waals surface area (Å²) in [4.78, 5) is 0. The zero-order chi connectivity index (χ0) is 9.64. The van der Waals surface area contributed by atoms with Crippen LogP contribution in [-0.4, -0.2) is 42.7 Å². The minimum atomic E-state index is 0.285. The van der Waals surface area contributed by atoms with E-state index in [2.05, 4.69) is 15.5 Å². The molecule has 0 atom stereocenters. The molecule has 78 valence electrons. The van der Waals surface area contributed by atoms with Gasteiger partial charge in [-0.15, -0.1) is 0 Å². The van der Waals surface area contributed by atoms with E-state index in [4.69, 9.17) is 9.47 Å². The number of nitrogens with zero attached hydrogens (tertiary/aromatic N) is 1. The molecule has 0 saturated carbocycles. The zero-order valence-electron chi connectivity index (χ0n) is 8.03. The molecule has 2 N–H and O–H groups in total. The normalized spacial score (nSPS) is 19.4. The molecule has 5 nitrogen and oxygen atoms in total. The fraction of sp³-hybridized carbons (Fsp3) is 0.667. The van der Waals surface area contributed by atoms with Crippen LogP contribution in [0.5, 0.6) is 0 Å². The monoisotopic (exact) mass is 197 g/mol. The fourth-order valence-electron chi connectivity index (χ4n) is 1.37. The van der Waals surface area contributed by atoms with Gasteiger partial charge in [0.25, 0.3) is 0 Å². The summed E-state index contributed by atoms with van der Waals surface area (Å²) in [6.07, 6.45) is 3.69. The maximum absolute atomic E-state index is 5.37. The lowest BCUT2D eigenvalue weighted by atomic mass is 10.3. The van der Waals surface area contributed by atoms with Gasteiger partial charge in [-0.3, -0.25) is 5.10 Å². The van der Waals surface area contributed by atoms with E-state index >= 15 is 0 Å². The summed E-state index contributed by atoms with van der Waals surface area (Å²) < 4.78 is 10.7. The van der Waals surface area contributed by atoms with Crippen molar-refractivity contribution in [3.63, 3.8) is 0 Å². The van der Waals surface area contributed by atoms with Gasteiger partial charge in [-0.25, -0.2) is 0 Å². The Morgan fingerprint density at radius 1 is 1.43 bits per heavy atom. The predicted octanol–water partition coefficient (Wildman–Crippen LogP) is -0.0853. The van der Waals surface area contributed by atoms with Crippen molar-refractivity contribution in [2.45, 2.75) is 12.6 Å². The molecule has 5 heteroatoms. The summed E-state index contributed by atoms with van der Waals surface area (Å²) in [6.45, 7) is 3.64. The lowest BCUT2D eigenvalue weighted by molar-refractivity contribution is 0.103. The molecule has 14 heavy (non-hydrogen) atoms. The Morgan fingerprint density at radius 2 is 2.21 bits per heavy atom. The quantitative estimate of drug-likeness (QED) is 0.711. The van der Waals surface area contributed by atoms with Gasteiger partial charge in [-0.2, -0.15) is 5.10 Å². The molecule has 0 spiro atoms. The van der Waals surface area contributed by atoms with E-state index in [-0.39, 0.29) is 6.04 Å². The molecule has 1 aliphatic rings. The van der Waals surface area contributed by atoms with Gasteiger partial charge in [-0.1, -0.05) is 0 Å². The molecule has 1 aromatic rings. The van der Waals surface area contributed by atoms with Crippen LogP contribution in [0.2, 0.25) is 0 Å². The van der Waals surface area contributed by atoms with Crippen LogP contribution in [0.1, 0.15) is 5.56 Å². The van der Waals surface area contributed by atoms with E-state index in [1.54, 1.807) is 0 Å². The Morgan fingerprint density at radius 3 is 2.86 bits per heavy atom. The number of hydrogen-bond donors (Lipinski definition) is 2. The highest BCUT2D eigenvalue weighted by Crippen LogP contribution is 1.98. The van der Waals surface area contributed by atoms with E-state index in [1.807, 2.05) is 12.4 Å². The van der Waals surface area contributed by atoms with E-state index < -0.39 is 0 Å². The summed E-state index contributed by atoms with van der Waals surface area (Å²) >= 11 is 0. The molecule has 1 saturated heterocycles. The predicted molar refractivity (Wildman–Crippen MR) is 50.9 cm³/mol. The summed E-state index contributed by atoms with van der Waals surface area (Å²) in [6, 6.07) is 0.285. The summed E-state index contributed by atoms with van der Waals surface area (Å²) in [5.41, 5.74) is 1.15. The van der Waals surface area contributed by atoms with Crippen molar-refractivity contribution >= 4 is 0 Å². The van der Waals surface area contributed by atoms with Crippen LogP contribution in [0.4, 0.5) is 0 Å². The third kappa shape index (κ3) is 2.80. The lowest BCUT2D eigenvalue weighted by Crippen LogP contribution is -2.35. The molecule has 0 amide bonds. The highest BCUT2D eigenvalue weighted by Gasteiger charge is 2.11. The van der Waals surface area contributed by atoms with E-state index in [0.717, 1.165) is 25.3 Å². The lowest BCUT2D eigenvalue weighted by Gasteiger charge is -2.14. The standard InChI is InChI=1S/C9H15N3O2/c1-2-14-7-9(6-13-1)10-3-8-4-11-12-5-8/h4-5,9-10H,1-3,6-7H2,(H,11,12). The van der Waals surface area contributed by atoms with Crippen LogP contribution in [0.15, 0.2) is 12.4 Å². The number of aromatic amines is 1. The van der Waals surface area contributed by atoms with Gasteiger partial charge in [0.05, 0.1) is 38.7 Å². The van der Waals surface area contributed by atoms with Crippen LogP contribution < -0.4 is 5.32 Å². The average molecular weight is 197 g/mol. The number of aromatic nitrogens is 2. The first-order valence-electron chi connectivity index (χ1n) is 4.81. The molecule has 0 aliphatic carbocycles. The Kier molecular flexibility index (Phi) is 3.50. The SMILES string of the molecule is c1n[nH]cc1CNC1COCCOC1. The van der Waals surface area contributed by atoms with Gasteiger partial charge in [0, 0.05) is 18.3 Å². The molecular weight excluding hydrogens is 182 g/mol. The Hall–Kier alpha value is -0.910. The molecule has 1 aliphatic heterocycles. The van der Waals surface area contributed by atoms with Crippen molar-refractivity contribution in [2.24, 2.45) is 0 Å². The highest BCUT2D eigenvalue weighted by molar-refractivity contribution is 5.01. The van der Waals surface area contributed by atoms with Crippen LogP contribution in [0, 0.1) is 0 Å². The highest BCUT2D eigenvalue weighted by atomic mass is 16.5. The second-order valence-corrected chi connectivity index (χ2v) is 3.33.